The zero-order valence-corrected chi connectivity index (χ0v) is 12.7. The van der Waals surface area contributed by atoms with Crippen molar-refractivity contribution in [1.82, 2.24) is 10.3 Å². The van der Waals surface area contributed by atoms with Gasteiger partial charge in [0.2, 0.25) is 5.76 Å². The van der Waals surface area contributed by atoms with Crippen LogP contribution < -0.4 is 5.32 Å². The molecule has 0 aliphatic carbocycles. The molecule has 112 valence electrons. The van der Waals surface area contributed by atoms with Crippen molar-refractivity contribution in [2.24, 2.45) is 0 Å². The number of nitrogens with one attached hydrogen (secondary N) is 1. The fourth-order valence-corrected chi connectivity index (χ4v) is 2.22. The number of hydrogen-bond donors (Lipinski definition) is 1. The first-order chi connectivity index (χ1) is 10.0. The van der Waals surface area contributed by atoms with Gasteiger partial charge in [0.25, 0.3) is 0 Å². The van der Waals surface area contributed by atoms with Crippen LogP contribution in [0.2, 0.25) is 0 Å². The third-order valence-corrected chi connectivity index (χ3v) is 3.44. The van der Waals surface area contributed by atoms with E-state index < -0.39 is 5.97 Å². The Bertz CT molecular complexity index is 607. The predicted octanol–water partition coefficient (Wildman–Crippen LogP) is 3.18. The fraction of sp³-hybridized carbons (Fsp3) is 0.375. The van der Waals surface area contributed by atoms with Crippen LogP contribution in [0.25, 0.3) is 0 Å². The number of pyridine rings is 1. The lowest BCUT2D eigenvalue weighted by Crippen LogP contribution is -2.22. The summed E-state index contributed by atoms with van der Waals surface area (Å²) in [6, 6.07) is 5.93. The van der Waals surface area contributed by atoms with Crippen molar-refractivity contribution >= 4 is 5.97 Å². The van der Waals surface area contributed by atoms with Crippen LogP contribution in [0.3, 0.4) is 0 Å². The standard InChI is InChI=1S/C16H20N2O3/c1-10-9-14(21-15(10)16(19)20-4)12(3)18-11(2)13-5-7-17-8-6-13/h5-9,11-12,18H,1-4H3. The molecule has 2 atom stereocenters. The summed E-state index contributed by atoms with van der Waals surface area (Å²) in [5, 5.41) is 3.44. The molecule has 0 saturated carbocycles. The summed E-state index contributed by atoms with van der Waals surface area (Å²) in [6.07, 6.45) is 3.54. The van der Waals surface area contributed by atoms with Gasteiger partial charge in [-0.3, -0.25) is 4.98 Å². The molecule has 2 rings (SSSR count). The van der Waals surface area contributed by atoms with Gasteiger partial charge in [-0.25, -0.2) is 4.79 Å². The van der Waals surface area contributed by atoms with Gasteiger partial charge in [-0.15, -0.1) is 0 Å². The van der Waals surface area contributed by atoms with Crippen LogP contribution in [-0.4, -0.2) is 18.1 Å². The molecule has 0 aromatic carbocycles. The molecule has 0 amide bonds. The number of hydrogen-bond acceptors (Lipinski definition) is 5. The quantitative estimate of drug-likeness (QED) is 0.856. The summed E-state index contributed by atoms with van der Waals surface area (Å²) < 4.78 is 10.3. The van der Waals surface area contributed by atoms with Gasteiger partial charge in [-0.05, 0) is 44.5 Å². The number of carbonyl (C=O) groups is 1. The monoisotopic (exact) mass is 288 g/mol. The second-order valence-corrected chi connectivity index (χ2v) is 5.04. The van der Waals surface area contributed by atoms with Crippen LogP contribution >= 0.6 is 0 Å². The van der Waals surface area contributed by atoms with Crippen LogP contribution in [0.5, 0.6) is 0 Å². The van der Waals surface area contributed by atoms with E-state index in [9.17, 15) is 4.79 Å². The van der Waals surface area contributed by atoms with Gasteiger partial charge in [-0.2, -0.15) is 0 Å². The van der Waals surface area contributed by atoms with E-state index in [4.69, 9.17) is 9.15 Å². The Hall–Kier alpha value is -2.14. The Balaban J connectivity index is 2.10. The van der Waals surface area contributed by atoms with Gasteiger partial charge in [0, 0.05) is 24.0 Å². The zero-order valence-electron chi connectivity index (χ0n) is 12.7. The van der Waals surface area contributed by atoms with E-state index in [1.165, 1.54) is 7.11 Å². The first-order valence-corrected chi connectivity index (χ1v) is 6.87. The van der Waals surface area contributed by atoms with Gasteiger partial charge < -0.3 is 14.5 Å². The second-order valence-electron chi connectivity index (χ2n) is 5.04. The zero-order chi connectivity index (χ0) is 15.4. The summed E-state index contributed by atoms with van der Waals surface area (Å²) in [4.78, 5) is 15.6. The highest BCUT2D eigenvalue weighted by molar-refractivity contribution is 5.87. The van der Waals surface area contributed by atoms with Crippen molar-refractivity contribution in [3.05, 3.63) is 53.2 Å². The molecule has 2 unspecified atom stereocenters. The summed E-state index contributed by atoms with van der Waals surface area (Å²) in [6.45, 7) is 5.90. The van der Waals surface area contributed by atoms with Gasteiger partial charge in [0.15, 0.2) is 0 Å². The highest BCUT2D eigenvalue weighted by Gasteiger charge is 2.20. The molecule has 2 aromatic heterocycles. The number of aryl methyl sites for hydroxylation is 1. The minimum Gasteiger partial charge on any atom is -0.463 e. The average molecular weight is 288 g/mol. The third-order valence-electron chi connectivity index (χ3n) is 3.44. The average Bonchev–Trinajstić information content (AvgIpc) is 2.89. The van der Waals surface area contributed by atoms with Crippen LogP contribution in [-0.2, 0) is 4.74 Å². The maximum absolute atomic E-state index is 11.6. The lowest BCUT2D eigenvalue weighted by molar-refractivity contribution is 0.0561. The van der Waals surface area contributed by atoms with Crippen LogP contribution in [0.4, 0.5) is 0 Å². The first kappa shape index (κ1) is 15.3. The van der Waals surface area contributed by atoms with Crippen LogP contribution in [0.15, 0.2) is 35.0 Å². The SMILES string of the molecule is COC(=O)c1oc(C(C)NC(C)c2ccncc2)cc1C. The van der Waals surface area contributed by atoms with Gasteiger partial charge >= 0.3 is 5.97 Å². The molecule has 5 heteroatoms. The summed E-state index contributed by atoms with van der Waals surface area (Å²) in [5.74, 6) is 0.527. The molecule has 0 aliphatic heterocycles. The molecule has 0 bridgehead atoms. The third kappa shape index (κ3) is 3.49. The van der Waals surface area contributed by atoms with E-state index >= 15 is 0 Å². The summed E-state index contributed by atoms with van der Waals surface area (Å²) >= 11 is 0. The largest absolute Gasteiger partial charge is 0.463 e. The Labute approximate surface area is 124 Å². The molecule has 21 heavy (non-hydrogen) atoms. The van der Waals surface area contributed by atoms with E-state index in [1.807, 2.05) is 32.0 Å². The van der Waals surface area contributed by atoms with Crippen molar-refractivity contribution in [2.75, 3.05) is 7.11 Å². The molecule has 1 N–H and O–H groups in total. The minimum atomic E-state index is -0.451. The van der Waals surface area contributed by atoms with E-state index in [-0.39, 0.29) is 17.8 Å². The fourth-order valence-electron chi connectivity index (χ4n) is 2.22. The molecule has 0 aliphatic rings. The predicted molar refractivity (Wildman–Crippen MR) is 79.0 cm³/mol. The van der Waals surface area contributed by atoms with Crippen LogP contribution in [0, 0.1) is 6.92 Å². The molecule has 0 fully saturated rings. The Morgan fingerprint density at radius 3 is 2.57 bits per heavy atom. The first-order valence-electron chi connectivity index (χ1n) is 6.87. The molecular formula is C16H20N2O3. The number of ether oxygens (including phenoxy) is 1. The number of esters is 1. The Kier molecular flexibility index (Phi) is 4.75. The topological polar surface area (TPSA) is 64.4 Å². The second kappa shape index (κ2) is 6.54. The van der Waals surface area contributed by atoms with Crippen molar-refractivity contribution in [3.8, 4) is 0 Å². The lowest BCUT2D eigenvalue weighted by Gasteiger charge is -2.18. The number of methoxy groups -OCH3 is 1. The number of nitrogens with zero attached hydrogens (tertiary/aromatic N) is 1. The highest BCUT2D eigenvalue weighted by Crippen LogP contribution is 2.24. The van der Waals surface area contributed by atoms with Crippen molar-refractivity contribution in [3.63, 3.8) is 0 Å². The van der Waals surface area contributed by atoms with Gasteiger partial charge in [0.1, 0.15) is 5.76 Å². The Morgan fingerprint density at radius 1 is 1.29 bits per heavy atom. The number of furan rings is 1. The number of aromatic nitrogens is 1. The molecule has 2 heterocycles. The van der Waals surface area contributed by atoms with E-state index in [2.05, 4.69) is 17.2 Å². The lowest BCUT2D eigenvalue weighted by atomic mass is 10.1. The molecule has 0 spiro atoms. The van der Waals surface area contributed by atoms with E-state index in [0.717, 1.165) is 11.1 Å². The van der Waals surface area contributed by atoms with Crippen molar-refractivity contribution in [2.45, 2.75) is 32.9 Å². The molecule has 2 aromatic rings. The maximum atomic E-state index is 11.6. The smallest absolute Gasteiger partial charge is 0.374 e. The van der Waals surface area contributed by atoms with Crippen molar-refractivity contribution < 1.29 is 13.9 Å². The maximum Gasteiger partial charge on any atom is 0.374 e. The van der Waals surface area contributed by atoms with Gasteiger partial charge in [-0.1, -0.05) is 0 Å². The minimum absolute atomic E-state index is 0.0229. The number of carbonyl (C=O) groups excluding carboxylic acids is 1. The van der Waals surface area contributed by atoms with Crippen LogP contribution in [0.1, 0.15) is 53.4 Å². The summed E-state index contributed by atoms with van der Waals surface area (Å²) in [7, 11) is 1.34. The normalized spacial score (nSPS) is 13.7. The molecule has 0 radical (unpaired) electrons. The Morgan fingerprint density at radius 2 is 1.95 bits per heavy atom. The highest BCUT2D eigenvalue weighted by atomic mass is 16.5. The van der Waals surface area contributed by atoms with Gasteiger partial charge in [0.05, 0.1) is 13.2 Å². The molecular weight excluding hydrogens is 268 g/mol. The van der Waals surface area contributed by atoms with Crippen molar-refractivity contribution in [1.29, 1.82) is 0 Å². The molecule has 5 nitrogen and oxygen atoms in total. The summed E-state index contributed by atoms with van der Waals surface area (Å²) in [5.41, 5.74) is 1.93. The number of rotatable bonds is 5. The molecule has 0 saturated heterocycles. The van der Waals surface area contributed by atoms with E-state index in [0.29, 0.717) is 5.76 Å². The van der Waals surface area contributed by atoms with E-state index in [1.54, 1.807) is 12.4 Å².